The standard InChI is InChI=1S/C12H10BrFN2O3/c1-6-10(14)8(5-7(13)11(6)19-2)16-4-3-9(17)15-12(16)18/h3-5H,1-2H3,(H,15,17,18). The van der Waals surface area contributed by atoms with Crippen molar-refractivity contribution >= 4 is 15.9 Å². The molecule has 0 atom stereocenters. The Hall–Kier alpha value is -1.89. The van der Waals surface area contributed by atoms with E-state index in [1.54, 1.807) is 6.92 Å². The minimum Gasteiger partial charge on any atom is -0.495 e. The van der Waals surface area contributed by atoms with Crippen molar-refractivity contribution in [2.75, 3.05) is 7.11 Å². The first-order valence-corrected chi connectivity index (χ1v) is 6.10. The van der Waals surface area contributed by atoms with E-state index in [1.807, 2.05) is 0 Å². The number of nitrogens with one attached hydrogen (secondary N) is 1. The molecule has 100 valence electrons. The quantitative estimate of drug-likeness (QED) is 0.913. The van der Waals surface area contributed by atoms with E-state index in [4.69, 9.17) is 4.74 Å². The van der Waals surface area contributed by atoms with E-state index < -0.39 is 17.1 Å². The molecule has 0 unspecified atom stereocenters. The van der Waals surface area contributed by atoms with Crippen molar-refractivity contribution in [3.05, 3.63) is 55.0 Å². The summed E-state index contributed by atoms with van der Waals surface area (Å²) in [5.74, 6) is -0.229. The van der Waals surface area contributed by atoms with Gasteiger partial charge >= 0.3 is 5.69 Å². The minimum absolute atomic E-state index is 0.0337. The highest BCUT2D eigenvalue weighted by atomic mass is 79.9. The van der Waals surface area contributed by atoms with Gasteiger partial charge < -0.3 is 4.74 Å². The number of H-pyrrole nitrogens is 1. The lowest BCUT2D eigenvalue weighted by Gasteiger charge is -2.13. The molecule has 0 bridgehead atoms. The predicted octanol–water partition coefficient (Wildman–Crippen LogP) is 1.74. The third-order valence-electron chi connectivity index (χ3n) is 2.66. The zero-order chi connectivity index (χ0) is 14.2. The second-order valence-electron chi connectivity index (χ2n) is 3.83. The van der Waals surface area contributed by atoms with Crippen molar-refractivity contribution in [2.24, 2.45) is 0 Å². The van der Waals surface area contributed by atoms with Gasteiger partial charge in [-0.25, -0.2) is 9.18 Å². The molecule has 2 rings (SSSR count). The summed E-state index contributed by atoms with van der Waals surface area (Å²) in [6, 6.07) is 2.56. The lowest BCUT2D eigenvalue weighted by atomic mass is 10.2. The van der Waals surface area contributed by atoms with Crippen LogP contribution < -0.4 is 16.0 Å². The van der Waals surface area contributed by atoms with Crippen molar-refractivity contribution < 1.29 is 9.13 Å². The molecule has 0 radical (unpaired) electrons. The van der Waals surface area contributed by atoms with Crippen LogP contribution in [-0.2, 0) is 0 Å². The van der Waals surface area contributed by atoms with Gasteiger partial charge in [0.1, 0.15) is 5.75 Å². The van der Waals surface area contributed by atoms with Gasteiger partial charge in [0, 0.05) is 17.8 Å². The molecular weight excluding hydrogens is 319 g/mol. The lowest BCUT2D eigenvalue weighted by molar-refractivity contribution is 0.404. The summed E-state index contributed by atoms with van der Waals surface area (Å²) >= 11 is 3.25. The van der Waals surface area contributed by atoms with Crippen LogP contribution in [-0.4, -0.2) is 16.7 Å². The SMILES string of the molecule is COc1c(Br)cc(-n2ccc(=O)[nH]c2=O)c(F)c1C. The van der Waals surface area contributed by atoms with Crippen LogP contribution >= 0.6 is 15.9 Å². The average Bonchev–Trinajstić information content (AvgIpc) is 2.35. The first-order valence-electron chi connectivity index (χ1n) is 5.30. The molecule has 19 heavy (non-hydrogen) atoms. The van der Waals surface area contributed by atoms with Crippen LogP contribution in [0.3, 0.4) is 0 Å². The Morgan fingerprint density at radius 3 is 2.68 bits per heavy atom. The molecule has 5 nitrogen and oxygen atoms in total. The Morgan fingerprint density at radius 1 is 1.42 bits per heavy atom. The van der Waals surface area contributed by atoms with Gasteiger partial charge in [0.05, 0.1) is 17.3 Å². The number of halogens is 2. The van der Waals surface area contributed by atoms with Gasteiger partial charge in [-0.2, -0.15) is 0 Å². The van der Waals surface area contributed by atoms with E-state index in [0.29, 0.717) is 10.2 Å². The van der Waals surface area contributed by atoms with Crippen LogP contribution in [0.2, 0.25) is 0 Å². The fraction of sp³-hybridized carbons (Fsp3) is 0.167. The van der Waals surface area contributed by atoms with E-state index in [2.05, 4.69) is 20.9 Å². The first kappa shape index (κ1) is 13.5. The maximum absolute atomic E-state index is 14.2. The van der Waals surface area contributed by atoms with Gasteiger partial charge in [0.15, 0.2) is 5.82 Å². The molecule has 1 aromatic heterocycles. The number of aromatic amines is 1. The summed E-state index contributed by atoms with van der Waals surface area (Å²) in [4.78, 5) is 24.7. The number of ether oxygens (including phenoxy) is 1. The third kappa shape index (κ3) is 2.33. The molecule has 1 aromatic carbocycles. The zero-order valence-electron chi connectivity index (χ0n) is 10.2. The average molecular weight is 329 g/mol. The Kier molecular flexibility index (Phi) is 3.57. The summed E-state index contributed by atoms with van der Waals surface area (Å²) < 4.78 is 20.8. The number of hydrogen-bond donors (Lipinski definition) is 1. The van der Waals surface area contributed by atoms with Crippen LogP contribution in [0.25, 0.3) is 5.69 Å². The third-order valence-corrected chi connectivity index (χ3v) is 3.25. The van der Waals surface area contributed by atoms with E-state index in [9.17, 15) is 14.0 Å². The fourth-order valence-corrected chi connectivity index (χ4v) is 2.43. The van der Waals surface area contributed by atoms with Gasteiger partial charge in [0.2, 0.25) is 0 Å². The number of rotatable bonds is 2. The molecule has 0 spiro atoms. The zero-order valence-corrected chi connectivity index (χ0v) is 11.7. The van der Waals surface area contributed by atoms with Gasteiger partial charge in [-0.1, -0.05) is 0 Å². The van der Waals surface area contributed by atoms with E-state index in [0.717, 1.165) is 10.6 Å². The van der Waals surface area contributed by atoms with Crippen molar-refractivity contribution in [3.63, 3.8) is 0 Å². The number of benzene rings is 1. The second-order valence-corrected chi connectivity index (χ2v) is 4.68. The van der Waals surface area contributed by atoms with Crippen LogP contribution in [0.5, 0.6) is 5.75 Å². The molecule has 0 fully saturated rings. The largest absolute Gasteiger partial charge is 0.495 e. The topological polar surface area (TPSA) is 64.1 Å². The lowest BCUT2D eigenvalue weighted by Crippen LogP contribution is -2.28. The van der Waals surface area contributed by atoms with E-state index in [1.165, 1.54) is 19.4 Å². The van der Waals surface area contributed by atoms with Crippen LogP contribution in [0.1, 0.15) is 5.56 Å². The molecule has 0 amide bonds. The number of nitrogens with zero attached hydrogens (tertiary/aromatic N) is 1. The molecule has 0 saturated carbocycles. The molecule has 2 aromatic rings. The maximum Gasteiger partial charge on any atom is 0.333 e. The second kappa shape index (κ2) is 5.00. The van der Waals surface area contributed by atoms with Crippen molar-refractivity contribution in [2.45, 2.75) is 6.92 Å². The van der Waals surface area contributed by atoms with Gasteiger partial charge in [0.25, 0.3) is 5.56 Å². The van der Waals surface area contributed by atoms with E-state index in [-0.39, 0.29) is 11.3 Å². The van der Waals surface area contributed by atoms with Crippen LogP contribution in [0.4, 0.5) is 4.39 Å². The maximum atomic E-state index is 14.2. The molecule has 1 heterocycles. The van der Waals surface area contributed by atoms with Crippen LogP contribution in [0, 0.1) is 12.7 Å². The molecule has 7 heteroatoms. The monoisotopic (exact) mass is 328 g/mol. The van der Waals surface area contributed by atoms with Crippen LogP contribution in [0.15, 0.2) is 32.4 Å². The smallest absolute Gasteiger partial charge is 0.333 e. The molecular formula is C12H10BrFN2O3. The number of aromatic nitrogens is 2. The summed E-state index contributed by atoms with van der Waals surface area (Å²) in [5, 5.41) is 0. The highest BCUT2D eigenvalue weighted by Crippen LogP contribution is 2.33. The Labute approximate surface area is 115 Å². The van der Waals surface area contributed by atoms with Crippen molar-refractivity contribution in [1.29, 1.82) is 0 Å². The van der Waals surface area contributed by atoms with Crippen molar-refractivity contribution in [1.82, 2.24) is 9.55 Å². The summed E-state index contributed by atoms with van der Waals surface area (Å²) in [6.07, 6.45) is 1.22. The summed E-state index contributed by atoms with van der Waals surface area (Å²) in [5.41, 5.74) is -0.940. The van der Waals surface area contributed by atoms with Gasteiger partial charge in [-0.05, 0) is 28.9 Å². The predicted molar refractivity (Wildman–Crippen MR) is 71.6 cm³/mol. The van der Waals surface area contributed by atoms with E-state index >= 15 is 0 Å². The van der Waals surface area contributed by atoms with Gasteiger partial charge in [-0.3, -0.25) is 14.3 Å². The molecule has 0 aliphatic carbocycles. The Morgan fingerprint density at radius 2 is 2.11 bits per heavy atom. The van der Waals surface area contributed by atoms with Crippen molar-refractivity contribution in [3.8, 4) is 11.4 Å². The van der Waals surface area contributed by atoms with Gasteiger partial charge in [-0.15, -0.1) is 0 Å². The highest BCUT2D eigenvalue weighted by molar-refractivity contribution is 9.10. The minimum atomic E-state index is -0.706. The molecule has 0 aliphatic rings. The Balaban J connectivity index is 2.77. The number of methoxy groups -OCH3 is 1. The molecule has 0 saturated heterocycles. The Bertz CT molecular complexity index is 752. The number of hydrogen-bond acceptors (Lipinski definition) is 3. The molecule has 0 aliphatic heterocycles. The first-order chi connectivity index (χ1) is 8.95. The normalized spacial score (nSPS) is 10.5. The fourth-order valence-electron chi connectivity index (χ4n) is 1.75. The summed E-state index contributed by atoms with van der Waals surface area (Å²) in [6.45, 7) is 1.54. The molecule has 1 N–H and O–H groups in total. The highest BCUT2D eigenvalue weighted by Gasteiger charge is 2.16. The summed E-state index contributed by atoms with van der Waals surface area (Å²) in [7, 11) is 1.43.